The van der Waals surface area contributed by atoms with E-state index < -0.39 is 5.54 Å². The summed E-state index contributed by atoms with van der Waals surface area (Å²) in [5.41, 5.74) is 7.94. The molecule has 0 amide bonds. The van der Waals surface area contributed by atoms with Crippen LogP contribution < -0.4 is 5.73 Å². The smallest absolute Gasteiger partial charge is 0.326 e. The van der Waals surface area contributed by atoms with Gasteiger partial charge < -0.3 is 15.2 Å². The van der Waals surface area contributed by atoms with Crippen LogP contribution in [0.5, 0.6) is 0 Å². The topological polar surface area (TPSA) is 64.8 Å². The molecule has 4 fully saturated rings. The summed E-state index contributed by atoms with van der Waals surface area (Å²) in [7, 11) is 0. The van der Waals surface area contributed by atoms with E-state index in [0.717, 1.165) is 38.5 Å². The number of rotatable bonds is 2. The van der Waals surface area contributed by atoms with E-state index in [1.807, 2.05) is 0 Å². The number of benzene rings is 1. The SMILES string of the molecule is CC1CC23OC2(c2ccccc21)C1CC(OC(=O)C2(N)CCCCC2)C3(C)C1(C)C. The Morgan fingerprint density at radius 3 is 2.57 bits per heavy atom. The molecule has 6 unspecified atom stereocenters. The Labute approximate surface area is 179 Å². The Balaban J connectivity index is 1.39. The van der Waals surface area contributed by atoms with Crippen LogP contribution in [-0.2, 0) is 19.9 Å². The summed E-state index contributed by atoms with van der Waals surface area (Å²) in [5, 5.41) is 0. The van der Waals surface area contributed by atoms with Gasteiger partial charge in [-0.15, -0.1) is 0 Å². The molecule has 2 N–H and O–H groups in total. The van der Waals surface area contributed by atoms with Gasteiger partial charge in [-0.1, -0.05) is 71.2 Å². The summed E-state index contributed by atoms with van der Waals surface area (Å²) in [4.78, 5) is 13.3. The average molecular weight is 410 g/mol. The summed E-state index contributed by atoms with van der Waals surface area (Å²) in [5.74, 6) is 0.615. The highest BCUT2D eigenvalue weighted by atomic mass is 16.6. The van der Waals surface area contributed by atoms with E-state index in [9.17, 15) is 4.79 Å². The first-order valence-electron chi connectivity index (χ1n) is 11.9. The fraction of sp³-hybridized carbons (Fsp3) is 0.731. The molecule has 30 heavy (non-hydrogen) atoms. The predicted molar refractivity (Wildman–Crippen MR) is 115 cm³/mol. The predicted octanol–water partition coefficient (Wildman–Crippen LogP) is 4.80. The molecule has 162 valence electrons. The number of hydrogen-bond acceptors (Lipinski definition) is 4. The van der Waals surface area contributed by atoms with E-state index in [1.54, 1.807) is 0 Å². The number of epoxide rings is 1. The molecule has 4 nitrogen and oxygen atoms in total. The molecule has 1 aliphatic heterocycles. The minimum atomic E-state index is -0.799. The van der Waals surface area contributed by atoms with Crippen molar-refractivity contribution in [2.24, 2.45) is 22.5 Å². The van der Waals surface area contributed by atoms with Crippen molar-refractivity contribution in [1.29, 1.82) is 0 Å². The van der Waals surface area contributed by atoms with Crippen LogP contribution in [0.2, 0.25) is 0 Å². The first kappa shape index (κ1) is 19.3. The van der Waals surface area contributed by atoms with E-state index in [0.29, 0.717) is 11.8 Å². The van der Waals surface area contributed by atoms with Gasteiger partial charge in [0.25, 0.3) is 0 Å². The maximum absolute atomic E-state index is 13.3. The zero-order chi connectivity index (χ0) is 21.2. The molecule has 4 heteroatoms. The van der Waals surface area contributed by atoms with Gasteiger partial charge in [-0.3, -0.25) is 4.79 Å². The molecule has 0 spiro atoms. The molecule has 1 saturated heterocycles. The molecule has 5 aliphatic rings. The maximum Gasteiger partial charge on any atom is 0.326 e. The first-order chi connectivity index (χ1) is 14.1. The number of ether oxygens (including phenoxy) is 2. The van der Waals surface area contributed by atoms with Crippen molar-refractivity contribution >= 4 is 5.97 Å². The minimum absolute atomic E-state index is 0.0295. The highest BCUT2D eigenvalue weighted by Crippen LogP contribution is 2.89. The summed E-state index contributed by atoms with van der Waals surface area (Å²) in [6.45, 7) is 9.41. The third-order valence-electron chi connectivity index (χ3n) is 10.4. The van der Waals surface area contributed by atoms with Crippen LogP contribution in [-0.4, -0.2) is 23.2 Å². The molecule has 6 atom stereocenters. The van der Waals surface area contributed by atoms with Crippen LogP contribution in [0.15, 0.2) is 24.3 Å². The number of carbonyl (C=O) groups is 1. The molecule has 4 aliphatic carbocycles. The number of fused-ring (bicyclic) bond motifs is 3. The molecule has 6 rings (SSSR count). The van der Waals surface area contributed by atoms with Crippen molar-refractivity contribution < 1.29 is 14.3 Å². The van der Waals surface area contributed by atoms with Crippen LogP contribution in [0.3, 0.4) is 0 Å². The second kappa shape index (κ2) is 5.50. The van der Waals surface area contributed by atoms with Crippen molar-refractivity contribution in [2.75, 3.05) is 0 Å². The average Bonchev–Trinajstić information content (AvgIpc) is 3.34. The van der Waals surface area contributed by atoms with Crippen molar-refractivity contribution in [3.8, 4) is 0 Å². The molecule has 1 aromatic carbocycles. The van der Waals surface area contributed by atoms with Gasteiger partial charge in [-0.05, 0) is 48.1 Å². The quantitative estimate of drug-likeness (QED) is 0.563. The van der Waals surface area contributed by atoms with Gasteiger partial charge >= 0.3 is 5.97 Å². The Morgan fingerprint density at radius 1 is 1.13 bits per heavy atom. The normalized spacial score (nSPS) is 46.5. The number of hydrogen-bond donors (Lipinski definition) is 1. The standard InChI is InChI=1S/C26H35NO3/c1-16-15-25-23(4)20(29-21(28)24(27)12-8-5-9-13-24)14-19(22(23,2)3)26(25,30-25)18-11-7-6-10-17(16)18/h6-7,10-11,16,19-20H,5,8-9,12-15,27H2,1-4H3. The lowest BCUT2D eigenvalue weighted by molar-refractivity contribution is -0.169. The summed E-state index contributed by atoms with van der Waals surface area (Å²) >= 11 is 0. The molecule has 2 bridgehead atoms. The van der Waals surface area contributed by atoms with Crippen molar-refractivity contribution in [2.45, 2.75) is 101 Å². The van der Waals surface area contributed by atoms with E-state index in [4.69, 9.17) is 15.2 Å². The third kappa shape index (κ3) is 1.83. The van der Waals surface area contributed by atoms with Crippen LogP contribution in [0.4, 0.5) is 0 Å². The zero-order valence-corrected chi connectivity index (χ0v) is 18.8. The van der Waals surface area contributed by atoms with E-state index in [1.165, 1.54) is 17.5 Å². The van der Waals surface area contributed by atoms with Crippen LogP contribution >= 0.6 is 0 Å². The Kier molecular flexibility index (Phi) is 3.54. The first-order valence-corrected chi connectivity index (χ1v) is 11.9. The fourth-order valence-electron chi connectivity index (χ4n) is 8.54. The van der Waals surface area contributed by atoms with Crippen molar-refractivity contribution in [3.05, 3.63) is 35.4 Å². The molecular weight excluding hydrogens is 374 g/mol. The lowest BCUT2D eigenvalue weighted by Crippen LogP contribution is -2.56. The van der Waals surface area contributed by atoms with E-state index >= 15 is 0 Å². The Morgan fingerprint density at radius 2 is 1.83 bits per heavy atom. The van der Waals surface area contributed by atoms with Crippen molar-refractivity contribution in [3.63, 3.8) is 0 Å². The lowest BCUT2D eigenvalue weighted by atomic mass is 9.58. The largest absolute Gasteiger partial charge is 0.460 e. The van der Waals surface area contributed by atoms with E-state index in [-0.39, 0.29) is 34.1 Å². The molecule has 0 radical (unpaired) electrons. The molecule has 1 heterocycles. The van der Waals surface area contributed by atoms with Crippen molar-refractivity contribution in [1.82, 2.24) is 0 Å². The Hall–Kier alpha value is -1.39. The highest BCUT2D eigenvalue weighted by Gasteiger charge is 2.95. The zero-order valence-electron chi connectivity index (χ0n) is 18.8. The summed E-state index contributed by atoms with van der Waals surface area (Å²) in [6, 6.07) is 8.86. The second-order valence-corrected chi connectivity index (χ2v) is 11.7. The van der Waals surface area contributed by atoms with Gasteiger partial charge in [0.05, 0.1) is 0 Å². The number of esters is 1. The van der Waals surface area contributed by atoms with Gasteiger partial charge in [-0.2, -0.15) is 0 Å². The molecule has 1 aromatic rings. The van der Waals surface area contributed by atoms with Gasteiger partial charge in [0.15, 0.2) is 0 Å². The number of nitrogens with two attached hydrogens (primary N) is 1. The van der Waals surface area contributed by atoms with Gasteiger partial charge in [0, 0.05) is 11.3 Å². The molecule has 3 saturated carbocycles. The minimum Gasteiger partial charge on any atom is -0.460 e. The highest BCUT2D eigenvalue weighted by molar-refractivity contribution is 5.81. The van der Waals surface area contributed by atoms with Crippen LogP contribution in [0.25, 0.3) is 0 Å². The molecular formula is C26H35NO3. The van der Waals surface area contributed by atoms with Crippen LogP contribution in [0.1, 0.15) is 89.7 Å². The molecule has 0 aromatic heterocycles. The summed E-state index contributed by atoms with van der Waals surface area (Å²) < 4.78 is 13.2. The fourth-order valence-corrected chi connectivity index (χ4v) is 8.54. The Bertz CT molecular complexity index is 934. The van der Waals surface area contributed by atoms with Gasteiger partial charge in [0.2, 0.25) is 0 Å². The van der Waals surface area contributed by atoms with E-state index in [2.05, 4.69) is 52.0 Å². The lowest BCUT2D eigenvalue weighted by Gasteiger charge is -2.46. The number of carbonyl (C=O) groups excluding carboxylic acids is 1. The summed E-state index contributed by atoms with van der Waals surface area (Å²) in [6.07, 6.45) is 6.45. The van der Waals surface area contributed by atoms with Gasteiger partial charge in [0.1, 0.15) is 22.8 Å². The maximum atomic E-state index is 13.3. The monoisotopic (exact) mass is 409 g/mol. The van der Waals surface area contributed by atoms with Crippen LogP contribution in [0, 0.1) is 16.7 Å². The van der Waals surface area contributed by atoms with Gasteiger partial charge in [-0.25, -0.2) is 0 Å². The second-order valence-electron chi connectivity index (χ2n) is 11.7. The third-order valence-corrected chi connectivity index (χ3v) is 10.4.